The second kappa shape index (κ2) is 5.67. The van der Waals surface area contributed by atoms with Gasteiger partial charge in [0.15, 0.2) is 0 Å². The highest BCUT2D eigenvalue weighted by Gasteiger charge is 2.34. The Morgan fingerprint density at radius 3 is 2.50 bits per heavy atom. The van der Waals surface area contributed by atoms with Crippen molar-refractivity contribution in [1.82, 2.24) is 0 Å². The topological polar surface area (TPSA) is 52.3 Å². The molecule has 0 saturated heterocycles. The summed E-state index contributed by atoms with van der Waals surface area (Å²) >= 11 is 0. The number of carbonyl (C=O) groups is 1. The average molecular weight is 225 g/mol. The smallest absolute Gasteiger partial charge is 0.309 e. The Morgan fingerprint density at radius 2 is 1.81 bits per heavy atom. The van der Waals surface area contributed by atoms with Crippen molar-refractivity contribution in [2.24, 2.45) is 17.6 Å². The molecule has 2 unspecified atom stereocenters. The standard InChI is InChI=1S/C13H23NO2/c14-9-10-5-4-8-12(10)13(15)16-11-6-2-1-3-7-11/h10-12H,1-9,14H2. The van der Waals surface area contributed by atoms with E-state index in [0.717, 1.165) is 32.1 Å². The minimum absolute atomic E-state index is 0.0276. The van der Waals surface area contributed by atoms with Gasteiger partial charge in [-0.15, -0.1) is 0 Å². The molecule has 2 N–H and O–H groups in total. The van der Waals surface area contributed by atoms with Gasteiger partial charge < -0.3 is 10.5 Å². The van der Waals surface area contributed by atoms with Crippen LogP contribution in [0, 0.1) is 11.8 Å². The molecule has 2 fully saturated rings. The Balaban J connectivity index is 1.82. The van der Waals surface area contributed by atoms with Crippen molar-refractivity contribution in [3.05, 3.63) is 0 Å². The minimum atomic E-state index is 0.0276. The van der Waals surface area contributed by atoms with Crippen LogP contribution in [0.3, 0.4) is 0 Å². The molecule has 0 spiro atoms. The first kappa shape index (κ1) is 11.9. The maximum atomic E-state index is 12.0. The van der Waals surface area contributed by atoms with Gasteiger partial charge in [-0.1, -0.05) is 12.8 Å². The molecule has 0 aromatic carbocycles. The van der Waals surface area contributed by atoms with Gasteiger partial charge >= 0.3 is 5.97 Å². The number of nitrogens with two attached hydrogens (primary N) is 1. The fourth-order valence-electron chi connectivity index (χ4n) is 3.06. The third kappa shape index (κ3) is 2.76. The van der Waals surface area contributed by atoms with E-state index in [-0.39, 0.29) is 18.0 Å². The Morgan fingerprint density at radius 1 is 1.06 bits per heavy atom. The summed E-state index contributed by atoms with van der Waals surface area (Å²) in [5.74, 6) is 0.489. The molecular formula is C13H23NO2. The van der Waals surface area contributed by atoms with Gasteiger partial charge in [-0.2, -0.15) is 0 Å². The molecule has 0 bridgehead atoms. The second-order valence-electron chi connectivity index (χ2n) is 5.23. The van der Waals surface area contributed by atoms with E-state index >= 15 is 0 Å². The maximum Gasteiger partial charge on any atom is 0.309 e. The summed E-state index contributed by atoms with van der Waals surface area (Å²) < 4.78 is 5.61. The number of carbonyl (C=O) groups excluding carboxylic acids is 1. The highest BCUT2D eigenvalue weighted by atomic mass is 16.5. The first-order valence-corrected chi connectivity index (χ1v) is 6.72. The van der Waals surface area contributed by atoms with Gasteiger partial charge in [0.25, 0.3) is 0 Å². The molecular weight excluding hydrogens is 202 g/mol. The molecule has 16 heavy (non-hydrogen) atoms. The van der Waals surface area contributed by atoms with Crippen LogP contribution in [-0.2, 0) is 9.53 Å². The molecule has 2 aliphatic rings. The summed E-state index contributed by atoms with van der Waals surface area (Å²) in [5, 5.41) is 0. The summed E-state index contributed by atoms with van der Waals surface area (Å²) in [6.07, 6.45) is 9.24. The van der Waals surface area contributed by atoms with Crippen LogP contribution in [0.5, 0.6) is 0 Å². The van der Waals surface area contributed by atoms with E-state index in [2.05, 4.69) is 0 Å². The second-order valence-corrected chi connectivity index (χ2v) is 5.23. The molecule has 0 aliphatic heterocycles. The molecule has 3 heteroatoms. The largest absolute Gasteiger partial charge is 0.462 e. The van der Waals surface area contributed by atoms with Crippen LogP contribution >= 0.6 is 0 Å². The first-order valence-electron chi connectivity index (χ1n) is 6.72. The Labute approximate surface area is 97.7 Å². The van der Waals surface area contributed by atoms with Gasteiger partial charge in [0.05, 0.1) is 5.92 Å². The third-order valence-corrected chi connectivity index (χ3v) is 4.10. The van der Waals surface area contributed by atoms with Crippen LogP contribution in [0.1, 0.15) is 51.4 Å². The van der Waals surface area contributed by atoms with Crippen molar-refractivity contribution < 1.29 is 9.53 Å². The molecule has 92 valence electrons. The van der Waals surface area contributed by atoms with E-state index in [9.17, 15) is 4.79 Å². The monoisotopic (exact) mass is 225 g/mol. The van der Waals surface area contributed by atoms with E-state index in [1.807, 2.05) is 0 Å². The summed E-state index contributed by atoms with van der Waals surface area (Å²) in [6.45, 7) is 0.629. The molecule has 0 aromatic heterocycles. The van der Waals surface area contributed by atoms with Crippen LogP contribution in [0.15, 0.2) is 0 Å². The van der Waals surface area contributed by atoms with Gasteiger partial charge in [0.2, 0.25) is 0 Å². The Hall–Kier alpha value is -0.570. The molecule has 2 aliphatic carbocycles. The third-order valence-electron chi connectivity index (χ3n) is 4.10. The lowest BCUT2D eigenvalue weighted by Crippen LogP contribution is -2.30. The van der Waals surface area contributed by atoms with E-state index in [1.54, 1.807) is 0 Å². The number of esters is 1. The number of hydrogen-bond donors (Lipinski definition) is 1. The summed E-state index contributed by atoms with van der Waals surface area (Å²) in [7, 11) is 0. The molecule has 0 amide bonds. The van der Waals surface area contributed by atoms with Crippen LogP contribution < -0.4 is 5.73 Å². The van der Waals surface area contributed by atoms with E-state index < -0.39 is 0 Å². The summed E-state index contributed by atoms with van der Waals surface area (Å²) in [5.41, 5.74) is 5.69. The highest BCUT2D eigenvalue weighted by molar-refractivity contribution is 5.73. The van der Waals surface area contributed by atoms with Crippen LogP contribution in [-0.4, -0.2) is 18.6 Å². The SMILES string of the molecule is NCC1CCCC1C(=O)OC1CCCCC1. The molecule has 2 rings (SSSR count). The Kier molecular flexibility index (Phi) is 4.22. The molecule has 2 atom stereocenters. The van der Waals surface area contributed by atoms with E-state index in [1.165, 1.54) is 19.3 Å². The molecule has 0 radical (unpaired) electrons. The molecule has 0 aromatic rings. The quantitative estimate of drug-likeness (QED) is 0.749. The lowest BCUT2D eigenvalue weighted by Gasteiger charge is -2.25. The van der Waals surface area contributed by atoms with E-state index in [0.29, 0.717) is 12.5 Å². The summed E-state index contributed by atoms with van der Waals surface area (Å²) in [6, 6.07) is 0. The van der Waals surface area contributed by atoms with Gasteiger partial charge in [-0.25, -0.2) is 0 Å². The van der Waals surface area contributed by atoms with Gasteiger partial charge in [0, 0.05) is 0 Å². The van der Waals surface area contributed by atoms with Crippen molar-refractivity contribution in [2.75, 3.05) is 6.54 Å². The first-order chi connectivity index (χ1) is 7.81. The van der Waals surface area contributed by atoms with Gasteiger partial charge in [-0.05, 0) is 51.0 Å². The maximum absolute atomic E-state index is 12.0. The molecule has 3 nitrogen and oxygen atoms in total. The number of hydrogen-bond acceptors (Lipinski definition) is 3. The highest BCUT2D eigenvalue weighted by Crippen LogP contribution is 2.33. The average Bonchev–Trinajstić information content (AvgIpc) is 2.78. The van der Waals surface area contributed by atoms with Crippen LogP contribution in [0.4, 0.5) is 0 Å². The van der Waals surface area contributed by atoms with Gasteiger partial charge in [-0.3, -0.25) is 4.79 Å². The fourth-order valence-corrected chi connectivity index (χ4v) is 3.06. The van der Waals surface area contributed by atoms with Crippen molar-refractivity contribution in [3.63, 3.8) is 0 Å². The Bertz CT molecular complexity index is 236. The fraction of sp³-hybridized carbons (Fsp3) is 0.923. The number of rotatable bonds is 3. The molecule has 0 heterocycles. The van der Waals surface area contributed by atoms with Crippen molar-refractivity contribution in [2.45, 2.75) is 57.5 Å². The lowest BCUT2D eigenvalue weighted by molar-refractivity contribution is -0.156. The van der Waals surface area contributed by atoms with E-state index in [4.69, 9.17) is 10.5 Å². The normalized spacial score (nSPS) is 31.6. The zero-order valence-corrected chi connectivity index (χ0v) is 9.99. The zero-order chi connectivity index (χ0) is 11.4. The lowest BCUT2D eigenvalue weighted by atomic mass is 9.95. The summed E-state index contributed by atoms with van der Waals surface area (Å²) in [4.78, 5) is 12.0. The zero-order valence-electron chi connectivity index (χ0n) is 9.99. The van der Waals surface area contributed by atoms with Gasteiger partial charge in [0.1, 0.15) is 6.10 Å². The van der Waals surface area contributed by atoms with Crippen LogP contribution in [0.25, 0.3) is 0 Å². The van der Waals surface area contributed by atoms with Crippen molar-refractivity contribution in [3.8, 4) is 0 Å². The predicted molar refractivity (Wildman–Crippen MR) is 62.9 cm³/mol. The predicted octanol–water partition coefficient (Wildman–Crippen LogP) is 2.24. The number of ether oxygens (including phenoxy) is 1. The molecule has 2 saturated carbocycles. The minimum Gasteiger partial charge on any atom is -0.462 e. The van der Waals surface area contributed by atoms with Crippen molar-refractivity contribution in [1.29, 1.82) is 0 Å². The van der Waals surface area contributed by atoms with Crippen LogP contribution in [0.2, 0.25) is 0 Å². The van der Waals surface area contributed by atoms with Crippen molar-refractivity contribution >= 4 is 5.97 Å².